The van der Waals surface area contributed by atoms with Crippen molar-refractivity contribution < 1.29 is 58.9 Å². The molecular formula is C63H99Cl3SiTi. The van der Waals surface area contributed by atoms with Crippen LogP contribution in [-0.2, 0) is 60.2 Å². The summed E-state index contributed by atoms with van der Waals surface area (Å²) in [6.45, 7) is 16.5. The van der Waals surface area contributed by atoms with Crippen molar-refractivity contribution in [2.24, 2.45) is 0 Å². The molecule has 3 aromatic rings. The van der Waals surface area contributed by atoms with E-state index in [2.05, 4.69) is 115 Å². The fourth-order valence-corrected chi connectivity index (χ4v) is 16.2. The second-order valence-electron chi connectivity index (χ2n) is 20.3. The Balaban J connectivity index is 0.0000112. The normalized spacial score (nSPS) is 12.2. The summed E-state index contributed by atoms with van der Waals surface area (Å²) >= 11 is 0. The average Bonchev–Trinajstić information content (AvgIpc) is 3.78. The number of hydrogen-bond donors (Lipinski definition) is 0. The van der Waals surface area contributed by atoms with Crippen LogP contribution in [0.15, 0.2) is 71.4 Å². The number of hydrogen-bond acceptors (Lipinski definition) is 0. The van der Waals surface area contributed by atoms with Crippen molar-refractivity contribution in [3.05, 3.63) is 111 Å². The van der Waals surface area contributed by atoms with Crippen molar-refractivity contribution in [2.75, 3.05) is 0 Å². The smallest absolute Gasteiger partial charge is 1.00 e. The molecule has 3 aromatic carbocycles. The number of benzene rings is 3. The second-order valence-corrected chi connectivity index (χ2v) is 24.1. The van der Waals surface area contributed by atoms with E-state index in [0.29, 0.717) is 0 Å². The van der Waals surface area contributed by atoms with E-state index in [1.165, 1.54) is 205 Å². The summed E-state index contributed by atoms with van der Waals surface area (Å²) in [5.41, 5.74) is 11.2. The van der Waals surface area contributed by atoms with E-state index in [-0.39, 0.29) is 58.9 Å². The number of aryl methyl sites for hydroxylation is 6. The molecule has 5 heteroatoms. The Hall–Kier alpha value is -1.06. The predicted octanol–water partition coefficient (Wildman–Crippen LogP) is 8.69. The Morgan fingerprint density at radius 2 is 0.574 bits per heavy atom. The number of unbranched alkanes of at least 4 members (excludes halogenated alkanes) is 19. The van der Waals surface area contributed by atoms with Crippen molar-refractivity contribution in [3.63, 3.8) is 0 Å². The van der Waals surface area contributed by atoms with E-state index in [1.807, 2.05) is 0 Å². The standard InChI is InChI=1S/C63H99Si.3ClH.Ti/c1-8-15-22-28-35-53-44-54(36-29-23-16-9-2)48-60(47-53)64(63-43-34-42-59(63)41-21-14-7,61-49-55(37-30-24-17-10-3)45-56(50-61)38-31-25-18-11-4)62-51-57(39-32-26-19-12-5)46-58(52-62)40-33-27-20-13-6;;;;/h43-52H,8-41H2,1-7H3;3*1H;/q-1;;;;+4/p-3. The molecule has 0 fully saturated rings. The van der Waals surface area contributed by atoms with E-state index < -0.39 is 8.07 Å². The van der Waals surface area contributed by atoms with Gasteiger partial charge < -0.3 is 37.2 Å². The summed E-state index contributed by atoms with van der Waals surface area (Å²) in [6.07, 6.45) is 50.2. The molecule has 0 unspecified atom stereocenters. The Kier molecular flexibility index (Phi) is 39.8. The monoisotopic (exact) mass is 1040 g/mol. The summed E-state index contributed by atoms with van der Waals surface area (Å²) in [6, 6.07) is 24.8. The second kappa shape index (κ2) is 40.4. The summed E-state index contributed by atoms with van der Waals surface area (Å²) in [4.78, 5) is 0. The van der Waals surface area contributed by atoms with Gasteiger partial charge in [-0.25, -0.2) is 5.57 Å². The molecule has 68 heavy (non-hydrogen) atoms. The number of allylic oxidation sites excluding steroid dienone is 4. The van der Waals surface area contributed by atoms with Crippen molar-refractivity contribution in [1.82, 2.24) is 0 Å². The first kappa shape index (κ1) is 66.9. The van der Waals surface area contributed by atoms with E-state index in [0.717, 1.165) is 12.8 Å². The average molecular weight is 1040 g/mol. The van der Waals surface area contributed by atoms with E-state index >= 15 is 0 Å². The molecule has 380 valence electrons. The molecule has 0 aliphatic heterocycles. The van der Waals surface area contributed by atoms with Gasteiger partial charge in [0.15, 0.2) is 0 Å². The Morgan fingerprint density at radius 1 is 0.324 bits per heavy atom. The van der Waals surface area contributed by atoms with Crippen LogP contribution >= 0.6 is 0 Å². The van der Waals surface area contributed by atoms with Crippen LogP contribution in [0.25, 0.3) is 0 Å². The van der Waals surface area contributed by atoms with Gasteiger partial charge in [-0.05, 0) is 110 Å². The molecule has 0 spiro atoms. The number of halogens is 3. The van der Waals surface area contributed by atoms with Crippen molar-refractivity contribution in [2.45, 2.75) is 267 Å². The Labute approximate surface area is 456 Å². The van der Waals surface area contributed by atoms with Crippen molar-refractivity contribution >= 4 is 23.6 Å². The van der Waals surface area contributed by atoms with Gasteiger partial charge in [0.2, 0.25) is 0 Å². The third-order valence-corrected chi connectivity index (χ3v) is 19.3. The molecule has 0 amide bonds. The number of rotatable bonds is 37. The first-order chi connectivity index (χ1) is 31.5. The quantitative estimate of drug-likeness (QED) is 0.0235. The molecule has 0 aromatic heterocycles. The van der Waals surface area contributed by atoms with Gasteiger partial charge in [0.1, 0.15) is 0 Å². The van der Waals surface area contributed by atoms with Crippen LogP contribution in [0.5, 0.6) is 0 Å². The van der Waals surface area contributed by atoms with Gasteiger partial charge in [-0.2, -0.15) is 11.3 Å². The van der Waals surface area contributed by atoms with Gasteiger partial charge in [-0.1, -0.05) is 253 Å². The predicted molar refractivity (Wildman–Crippen MR) is 290 cm³/mol. The van der Waals surface area contributed by atoms with Crippen LogP contribution in [-0.4, -0.2) is 8.07 Å². The van der Waals surface area contributed by atoms with Gasteiger partial charge in [-0.15, -0.1) is 6.42 Å². The maximum Gasteiger partial charge on any atom is 4.00 e. The fraction of sp³-hybridized carbons (Fsp3) is 0.651. The fourth-order valence-electron chi connectivity index (χ4n) is 10.8. The van der Waals surface area contributed by atoms with Gasteiger partial charge >= 0.3 is 21.7 Å². The van der Waals surface area contributed by atoms with Crippen molar-refractivity contribution in [1.29, 1.82) is 0 Å². The molecule has 1 aliphatic carbocycles. The Bertz CT molecular complexity index is 1530. The van der Waals surface area contributed by atoms with Gasteiger partial charge in [0.25, 0.3) is 0 Å². The molecule has 0 radical (unpaired) electrons. The van der Waals surface area contributed by atoms with E-state index in [1.54, 1.807) is 59.7 Å². The zero-order chi connectivity index (χ0) is 45.7. The molecule has 0 bridgehead atoms. The van der Waals surface area contributed by atoms with Crippen LogP contribution in [0.1, 0.15) is 262 Å². The minimum absolute atomic E-state index is 0. The maximum atomic E-state index is 4.09. The molecule has 0 saturated carbocycles. The zero-order valence-electron chi connectivity index (χ0n) is 44.9. The summed E-state index contributed by atoms with van der Waals surface area (Å²) < 4.78 is 0. The van der Waals surface area contributed by atoms with Crippen LogP contribution in [0.3, 0.4) is 0 Å². The van der Waals surface area contributed by atoms with E-state index in [4.69, 9.17) is 0 Å². The van der Waals surface area contributed by atoms with E-state index in [9.17, 15) is 0 Å². The molecule has 0 N–H and O–H groups in total. The van der Waals surface area contributed by atoms with Crippen LogP contribution in [0.4, 0.5) is 0 Å². The van der Waals surface area contributed by atoms with Gasteiger partial charge in [0.05, 0.1) is 8.07 Å². The maximum absolute atomic E-state index is 4.09. The minimum atomic E-state index is -2.86. The first-order valence-corrected chi connectivity index (χ1v) is 30.2. The van der Waals surface area contributed by atoms with Crippen LogP contribution in [0.2, 0.25) is 0 Å². The summed E-state index contributed by atoms with van der Waals surface area (Å²) in [5, 5.41) is 6.72. The molecule has 0 heterocycles. The van der Waals surface area contributed by atoms with Crippen molar-refractivity contribution in [3.8, 4) is 0 Å². The van der Waals surface area contributed by atoms with Crippen LogP contribution < -0.4 is 52.8 Å². The molecule has 4 rings (SSSR count). The zero-order valence-corrected chi connectivity index (χ0v) is 49.8. The summed E-state index contributed by atoms with van der Waals surface area (Å²) in [5.74, 6) is 0. The van der Waals surface area contributed by atoms with Crippen LogP contribution in [0, 0.1) is 6.08 Å². The third-order valence-electron chi connectivity index (χ3n) is 14.5. The molecule has 0 nitrogen and oxygen atoms in total. The topological polar surface area (TPSA) is 0 Å². The van der Waals surface area contributed by atoms with Gasteiger partial charge in [-0.3, -0.25) is 6.08 Å². The first-order valence-electron chi connectivity index (χ1n) is 28.2. The molecule has 0 saturated heterocycles. The molecular weight excluding hydrogens is 939 g/mol. The third kappa shape index (κ3) is 22.4. The Morgan fingerprint density at radius 3 is 0.809 bits per heavy atom. The minimum Gasteiger partial charge on any atom is -1.00 e. The SMILES string of the molecule is CCCCCCc1cc(CCCCCC)cc([Si](C2=CC[C-]=C2CCCC)(c2cc(CCCCCC)cc(CCCCCC)c2)c2cc(CCCCCC)cc(CCCCCC)c2)c1.[Cl-].[Cl-].[Cl-].[Ti+4]. The summed E-state index contributed by atoms with van der Waals surface area (Å²) in [7, 11) is -2.86. The largest absolute Gasteiger partial charge is 4.00 e. The van der Waals surface area contributed by atoms with Gasteiger partial charge in [0, 0.05) is 0 Å². The molecule has 0 atom stereocenters. The molecule has 1 aliphatic rings.